The Bertz CT molecular complexity index is 994. The summed E-state index contributed by atoms with van der Waals surface area (Å²) in [5, 5.41) is 7.13. The number of nitrogens with two attached hydrogens (primary N) is 1. The Hall–Kier alpha value is -2.64. The zero-order valence-corrected chi connectivity index (χ0v) is 23.0. The van der Waals surface area contributed by atoms with Crippen molar-refractivity contribution in [3.05, 3.63) is 53.9 Å². The van der Waals surface area contributed by atoms with Gasteiger partial charge in [-0.3, -0.25) is 4.79 Å². The average Bonchev–Trinajstić information content (AvgIpc) is 3.40. The van der Waals surface area contributed by atoms with Crippen molar-refractivity contribution in [2.45, 2.75) is 89.8 Å². The molecule has 0 radical (unpaired) electrons. The number of carbonyl (C=O) groups is 1. The summed E-state index contributed by atoms with van der Waals surface area (Å²) in [6, 6.07) is 8.03. The molecular formula is C30H46N6O. The number of hydrogen-bond acceptors (Lipinski definition) is 5. The molecule has 4 rings (SSSR count). The van der Waals surface area contributed by atoms with Crippen LogP contribution in [0.15, 0.2) is 47.7 Å². The lowest BCUT2D eigenvalue weighted by molar-refractivity contribution is -0.137. The van der Waals surface area contributed by atoms with Gasteiger partial charge in [-0.25, -0.2) is 4.99 Å². The van der Waals surface area contributed by atoms with Gasteiger partial charge in [0.1, 0.15) is 5.84 Å². The predicted molar refractivity (Wildman–Crippen MR) is 153 cm³/mol. The summed E-state index contributed by atoms with van der Waals surface area (Å²) < 4.78 is 0. The van der Waals surface area contributed by atoms with Gasteiger partial charge in [0.15, 0.2) is 0 Å². The van der Waals surface area contributed by atoms with Crippen LogP contribution >= 0.6 is 0 Å². The van der Waals surface area contributed by atoms with E-state index in [1.807, 2.05) is 23.4 Å². The van der Waals surface area contributed by atoms with Gasteiger partial charge in [0.25, 0.3) is 0 Å². The molecule has 202 valence electrons. The van der Waals surface area contributed by atoms with Crippen LogP contribution in [0.3, 0.4) is 0 Å². The summed E-state index contributed by atoms with van der Waals surface area (Å²) in [6.45, 7) is 8.42. The van der Waals surface area contributed by atoms with Crippen LogP contribution in [0.5, 0.6) is 0 Å². The highest BCUT2D eigenvalue weighted by atomic mass is 16.2. The van der Waals surface area contributed by atoms with Crippen molar-refractivity contribution in [1.29, 1.82) is 0 Å². The zero-order valence-electron chi connectivity index (χ0n) is 23.0. The second-order valence-corrected chi connectivity index (χ2v) is 11.3. The highest BCUT2D eigenvalue weighted by molar-refractivity contribution is 5.95. The van der Waals surface area contributed by atoms with Crippen LogP contribution in [-0.2, 0) is 17.6 Å². The van der Waals surface area contributed by atoms with Crippen LogP contribution in [0, 0.1) is 0 Å². The van der Waals surface area contributed by atoms with Crippen molar-refractivity contribution in [2.75, 3.05) is 26.2 Å². The summed E-state index contributed by atoms with van der Waals surface area (Å²) in [5.41, 5.74) is 9.09. The van der Waals surface area contributed by atoms with Crippen LogP contribution in [0.2, 0.25) is 0 Å². The van der Waals surface area contributed by atoms with Crippen LogP contribution < -0.4 is 16.4 Å². The van der Waals surface area contributed by atoms with E-state index in [4.69, 9.17) is 10.7 Å². The van der Waals surface area contributed by atoms with Gasteiger partial charge in [0.2, 0.25) is 5.91 Å². The van der Waals surface area contributed by atoms with Gasteiger partial charge < -0.3 is 26.2 Å². The molecule has 7 heteroatoms. The molecule has 2 fully saturated rings. The van der Waals surface area contributed by atoms with E-state index in [0.29, 0.717) is 19.1 Å². The minimum absolute atomic E-state index is 0.00274. The molecule has 2 aliphatic carbocycles. The topological polar surface area (TPSA) is 86.0 Å². The number of nitrogens with one attached hydrogen (secondary N) is 2. The largest absolute Gasteiger partial charge is 0.368 e. The lowest BCUT2D eigenvalue weighted by Gasteiger charge is -2.38. The molecule has 1 aromatic rings. The maximum atomic E-state index is 12.6. The fourth-order valence-electron chi connectivity index (χ4n) is 5.63. The predicted octanol–water partition coefficient (Wildman–Crippen LogP) is 4.01. The second-order valence-electron chi connectivity index (χ2n) is 11.3. The molecule has 1 atom stereocenters. The molecule has 1 amide bonds. The first-order valence-electron chi connectivity index (χ1n) is 14.2. The van der Waals surface area contributed by atoms with Crippen molar-refractivity contribution in [1.82, 2.24) is 20.4 Å². The quantitative estimate of drug-likeness (QED) is 0.366. The maximum absolute atomic E-state index is 12.6. The van der Waals surface area contributed by atoms with Gasteiger partial charge in [-0.15, -0.1) is 0 Å². The van der Waals surface area contributed by atoms with Crippen LogP contribution in [0.1, 0.15) is 70.4 Å². The monoisotopic (exact) mass is 506 g/mol. The molecular weight excluding hydrogens is 460 g/mol. The summed E-state index contributed by atoms with van der Waals surface area (Å²) in [5.74, 6) is 0.913. The van der Waals surface area contributed by atoms with Crippen molar-refractivity contribution in [3.8, 4) is 0 Å². The molecule has 0 bridgehead atoms. The number of rotatable bonds is 8. The van der Waals surface area contributed by atoms with E-state index in [2.05, 4.69) is 46.7 Å². The molecule has 37 heavy (non-hydrogen) atoms. The standard InChI is InChI=1S/C30H46N6O/c1-4-5-15-32-16-14-28(35-17-19-36(20-18-35)29(37)30(2,3)31)34-27-13-11-23-21-26(12-10-24(23)22-27)33-25-8-6-7-9-25/h5,11,13-16,22,25-26,32-33H,4,6-10,12,17-21,31H2,1-3H3/b15-5+,16-14-,34-28+. The normalized spacial score (nSPS) is 21.7. The number of aryl methyl sites for hydroxylation is 1. The van der Waals surface area contributed by atoms with E-state index in [9.17, 15) is 4.79 Å². The van der Waals surface area contributed by atoms with Crippen molar-refractivity contribution in [3.63, 3.8) is 0 Å². The molecule has 1 unspecified atom stereocenters. The van der Waals surface area contributed by atoms with Crippen molar-refractivity contribution >= 4 is 17.4 Å². The number of hydrogen-bond donors (Lipinski definition) is 3. The molecule has 3 aliphatic rings. The lowest BCUT2D eigenvalue weighted by atomic mass is 9.87. The molecule has 4 N–H and O–H groups in total. The Kier molecular flexibility index (Phi) is 9.43. The molecule has 7 nitrogen and oxygen atoms in total. The van der Waals surface area contributed by atoms with Gasteiger partial charge in [-0.1, -0.05) is 31.9 Å². The highest BCUT2D eigenvalue weighted by Crippen LogP contribution is 2.28. The van der Waals surface area contributed by atoms with E-state index in [-0.39, 0.29) is 5.91 Å². The number of nitrogens with zero attached hydrogens (tertiary/aromatic N) is 3. The SMILES string of the molecule is CC/C=C/N/C=C\C(=N/c1ccc2c(c1)CCC(NC1CCCC1)C2)N1CCN(C(=O)C(C)(C)N)CC1. The second kappa shape index (κ2) is 12.7. The number of aliphatic imine (C=N–C) groups is 1. The molecule has 0 spiro atoms. The minimum Gasteiger partial charge on any atom is -0.368 e. The number of carbonyl (C=O) groups excluding carboxylic acids is 1. The van der Waals surface area contributed by atoms with Crippen molar-refractivity contribution < 1.29 is 4.79 Å². The van der Waals surface area contributed by atoms with Crippen LogP contribution in [0.4, 0.5) is 5.69 Å². The van der Waals surface area contributed by atoms with Gasteiger partial charge in [-0.05, 0) is 87.9 Å². The number of benzene rings is 1. The van der Waals surface area contributed by atoms with Gasteiger partial charge >= 0.3 is 0 Å². The molecule has 1 aliphatic heterocycles. The highest BCUT2D eigenvalue weighted by Gasteiger charge is 2.30. The van der Waals surface area contributed by atoms with Crippen molar-refractivity contribution in [2.24, 2.45) is 10.7 Å². The Labute approximate surface area is 223 Å². The van der Waals surface area contributed by atoms with Crippen LogP contribution in [-0.4, -0.2) is 65.3 Å². The molecule has 1 saturated heterocycles. The van der Waals surface area contributed by atoms with E-state index >= 15 is 0 Å². The molecule has 1 heterocycles. The Morgan fingerprint density at radius 2 is 1.78 bits per heavy atom. The fourth-order valence-corrected chi connectivity index (χ4v) is 5.63. The van der Waals surface area contributed by atoms with Crippen LogP contribution in [0.25, 0.3) is 0 Å². The molecule has 1 aromatic carbocycles. The zero-order chi connectivity index (χ0) is 26.3. The van der Waals surface area contributed by atoms with E-state index in [1.54, 1.807) is 13.8 Å². The van der Waals surface area contributed by atoms with Gasteiger partial charge in [-0.2, -0.15) is 0 Å². The Morgan fingerprint density at radius 3 is 2.49 bits per heavy atom. The third-order valence-electron chi connectivity index (χ3n) is 7.71. The number of fused-ring (bicyclic) bond motifs is 1. The van der Waals surface area contributed by atoms with E-state index in [1.165, 1.54) is 43.2 Å². The summed E-state index contributed by atoms with van der Waals surface area (Å²) >= 11 is 0. The average molecular weight is 507 g/mol. The number of amides is 1. The number of allylic oxidation sites excluding steroid dienone is 1. The first-order chi connectivity index (χ1) is 17.8. The van der Waals surface area contributed by atoms with E-state index < -0.39 is 5.54 Å². The number of amidine groups is 1. The van der Waals surface area contributed by atoms with E-state index in [0.717, 1.165) is 49.9 Å². The fraction of sp³-hybridized carbons (Fsp3) is 0.600. The first-order valence-corrected chi connectivity index (χ1v) is 14.2. The third-order valence-corrected chi connectivity index (χ3v) is 7.71. The summed E-state index contributed by atoms with van der Waals surface area (Å²) in [4.78, 5) is 21.8. The third kappa shape index (κ3) is 7.68. The lowest BCUT2D eigenvalue weighted by Crippen LogP contribution is -2.57. The summed E-state index contributed by atoms with van der Waals surface area (Å²) in [7, 11) is 0. The minimum atomic E-state index is -0.844. The maximum Gasteiger partial charge on any atom is 0.242 e. The molecule has 1 saturated carbocycles. The first kappa shape index (κ1) is 27.4. The van der Waals surface area contributed by atoms with Gasteiger partial charge in [0.05, 0.1) is 11.2 Å². The smallest absolute Gasteiger partial charge is 0.242 e. The summed E-state index contributed by atoms with van der Waals surface area (Å²) in [6.07, 6.45) is 17.8. The molecule has 0 aromatic heterocycles. The Balaban J connectivity index is 1.45. The Morgan fingerprint density at radius 1 is 1.05 bits per heavy atom. The van der Waals surface area contributed by atoms with Gasteiger partial charge in [0, 0.05) is 44.5 Å². The number of piperazine rings is 1.